The molecular weight excluding hydrogens is 591 g/mol. The van der Waals surface area contributed by atoms with Crippen molar-refractivity contribution < 1.29 is 22.8 Å². The summed E-state index contributed by atoms with van der Waals surface area (Å²) >= 11 is 12.9. The Morgan fingerprint density at radius 3 is 2.54 bits per heavy atom. The Bertz CT molecular complexity index is 1540. The average molecular weight is 620 g/mol. The second kappa shape index (κ2) is 12.4. The molecule has 0 radical (unpaired) electrons. The van der Waals surface area contributed by atoms with Crippen molar-refractivity contribution in [1.29, 1.82) is 0 Å². The van der Waals surface area contributed by atoms with Crippen molar-refractivity contribution in [3.05, 3.63) is 87.7 Å². The Hall–Kier alpha value is -3.16. The molecule has 5 rings (SSSR count). The number of halogens is 2. The van der Waals surface area contributed by atoms with E-state index in [1.165, 1.54) is 12.7 Å². The van der Waals surface area contributed by atoms with E-state index in [-0.39, 0.29) is 17.5 Å². The fourth-order valence-corrected chi connectivity index (χ4v) is 7.05. The molecule has 2 heterocycles. The summed E-state index contributed by atoms with van der Waals surface area (Å²) in [5, 5.41) is 0.663. The van der Waals surface area contributed by atoms with Crippen LogP contribution < -0.4 is 10.2 Å². The molecule has 2 amide bonds. The van der Waals surface area contributed by atoms with E-state index in [4.69, 9.17) is 28.0 Å². The fourth-order valence-electron chi connectivity index (χ4n) is 5.70. The minimum atomic E-state index is -3.58. The van der Waals surface area contributed by atoms with Crippen LogP contribution in [0, 0.1) is 0 Å². The van der Waals surface area contributed by atoms with Gasteiger partial charge >= 0.3 is 0 Å². The topological polar surface area (TPSA) is 143 Å². The van der Waals surface area contributed by atoms with Crippen LogP contribution in [0.5, 0.6) is 0 Å². The second-order valence-electron chi connectivity index (χ2n) is 10.0. The van der Waals surface area contributed by atoms with Gasteiger partial charge in [-0.2, -0.15) is 0 Å². The number of hydrogen-bond acceptors (Lipinski definition) is 8. The molecule has 1 fully saturated rings. The normalized spacial score (nSPS) is 22.7. The molecule has 4 atom stereocenters. The highest BCUT2D eigenvalue weighted by molar-refractivity contribution is 7.88. The summed E-state index contributed by atoms with van der Waals surface area (Å²) in [6.07, 6.45) is 6.38. The smallest absolute Gasteiger partial charge is 0.255 e. The number of carbonyl (C=O) groups is 2. The SMILES string of the molecule is CS(=O)(=O)N[C@H]1CCCC[C@@H]1N1C(=O)c2ccccc2[C@@H](C(=O)NOCc2ncncn2)[C@@H]1c1ccc(Cl)cc1Cl. The molecule has 2 N–H and O–H groups in total. The molecule has 1 aliphatic carbocycles. The van der Waals surface area contributed by atoms with Crippen LogP contribution in [0.25, 0.3) is 0 Å². The molecule has 0 bridgehead atoms. The highest BCUT2D eigenvalue weighted by atomic mass is 35.5. The van der Waals surface area contributed by atoms with E-state index in [1.54, 1.807) is 47.4 Å². The summed E-state index contributed by atoms with van der Waals surface area (Å²) < 4.78 is 27.3. The van der Waals surface area contributed by atoms with Gasteiger partial charge in [0.1, 0.15) is 19.3 Å². The van der Waals surface area contributed by atoms with Gasteiger partial charge in [-0.05, 0) is 42.2 Å². The lowest BCUT2D eigenvalue weighted by molar-refractivity contribution is -0.138. The maximum atomic E-state index is 14.3. The molecule has 0 saturated heterocycles. The molecule has 11 nitrogen and oxygen atoms in total. The highest BCUT2D eigenvalue weighted by Gasteiger charge is 2.49. The summed E-state index contributed by atoms with van der Waals surface area (Å²) in [5.41, 5.74) is 3.84. The fraction of sp³-hybridized carbons (Fsp3) is 0.370. The number of aromatic nitrogens is 3. The number of nitrogens with one attached hydrogen (secondary N) is 2. The summed E-state index contributed by atoms with van der Waals surface area (Å²) in [5.74, 6) is -1.49. The van der Waals surface area contributed by atoms with Crippen LogP contribution in [0.4, 0.5) is 0 Å². The molecule has 1 aromatic heterocycles. The number of carbonyl (C=O) groups excluding carboxylic acids is 2. The van der Waals surface area contributed by atoms with Gasteiger partial charge in [-0.25, -0.2) is 33.6 Å². The lowest BCUT2D eigenvalue weighted by Gasteiger charge is -2.49. The maximum absolute atomic E-state index is 14.3. The molecule has 2 aliphatic rings. The Morgan fingerprint density at radius 2 is 1.80 bits per heavy atom. The van der Waals surface area contributed by atoms with E-state index >= 15 is 0 Å². The van der Waals surface area contributed by atoms with Crippen LogP contribution in [0.15, 0.2) is 55.1 Å². The third-order valence-corrected chi connectivity index (χ3v) is 8.61. The van der Waals surface area contributed by atoms with Crippen molar-refractivity contribution in [1.82, 2.24) is 30.1 Å². The quantitative estimate of drug-likeness (QED) is 0.365. The molecule has 0 unspecified atom stereocenters. The third-order valence-electron chi connectivity index (χ3n) is 7.31. The summed E-state index contributed by atoms with van der Waals surface area (Å²) in [4.78, 5) is 47.0. The Balaban J connectivity index is 1.60. The first-order valence-corrected chi connectivity index (χ1v) is 15.6. The Labute approximate surface area is 247 Å². The van der Waals surface area contributed by atoms with Gasteiger partial charge in [0, 0.05) is 27.7 Å². The van der Waals surface area contributed by atoms with Crippen LogP contribution >= 0.6 is 23.2 Å². The molecule has 41 heavy (non-hydrogen) atoms. The number of nitrogens with zero attached hydrogens (tertiary/aromatic N) is 4. The molecular formula is C27H28Cl2N6O5S. The van der Waals surface area contributed by atoms with Crippen molar-refractivity contribution >= 4 is 45.0 Å². The van der Waals surface area contributed by atoms with Crippen LogP contribution in [-0.4, -0.2) is 58.4 Å². The summed E-state index contributed by atoms with van der Waals surface area (Å²) in [6, 6.07) is 9.77. The first-order valence-electron chi connectivity index (χ1n) is 13.0. The summed E-state index contributed by atoms with van der Waals surface area (Å²) in [7, 11) is -3.58. The number of fused-ring (bicyclic) bond motifs is 1. The molecule has 2 aromatic carbocycles. The number of sulfonamides is 1. The van der Waals surface area contributed by atoms with Crippen LogP contribution in [0.1, 0.15) is 65.0 Å². The molecule has 14 heteroatoms. The number of rotatable bonds is 8. The second-order valence-corrected chi connectivity index (χ2v) is 12.7. The number of benzene rings is 2. The number of hydroxylamine groups is 1. The zero-order chi connectivity index (χ0) is 29.1. The van der Waals surface area contributed by atoms with Crippen molar-refractivity contribution in [3.63, 3.8) is 0 Å². The Morgan fingerprint density at radius 1 is 1.07 bits per heavy atom. The lowest BCUT2D eigenvalue weighted by Crippen LogP contribution is -2.59. The predicted octanol–water partition coefficient (Wildman–Crippen LogP) is 3.57. The molecule has 216 valence electrons. The first kappa shape index (κ1) is 29.3. The van der Waals surface area contributed by atoms with E-state index in [0.717, 1.165) is 19.1 Å². The van der Waals surface area contributed by atoms with Gasteiger partial charge in [0.2, 0.25) is 10.0 Å². The summed E-state index contributed by atoms with van der Waals surface area (Å²) in [6.45, 7) is -0.110. The van der Waals surface area contributed by atoms with Gasteiger partial charge in [-0.3, -0.25) is 14.4 Å². The first-order chi connectivity index (χ1) is 19.6. The van der Waals surface area contributed by atoms with Gasteiger partial charge in [0.05, 0.1) is 18.2 Å². The minimum absolute atomic E-state index is 0.110. The van der Waals surface area contributed by atoms with E-state index < -0.39 is 40.0 Å². The number of hydrogen-bond donors (Lipinski definition) is 2. The van der Waals surface area contributed by atoms with Crippen LogP contribution in [0.2, 0.25) is 10.0 Å². The maximum Gasteiger partial charge on any atom is 0.255 e. The van der Waals surface area contributed by atoms with Gasteiger partial charge in [-0.1, -0.05) is 60.3 Å². The highest BCUT2D eigenvalue weighted by Crippen LogP contribution is 2.47. The van der Waals surface area contributed by atoms with E-state index in [0.29, 0.717) is 40.4 Å². The van der Waals surface area contributed by atoms with Gasteiger partial charge in [0.15, 0.2) is 5.82 Å². The molecule has 3 aromatic rings. The minimum Gasteiger partial charge on any atom is -0.326 e. The van der Waals surface area contributed by atoms with Crippen molar-refractivity contribution in [2.75, 3.05) is 6.26 Å². The van der Waals surface area contributed by atoms with Crippen molar-refractivity contribution in [3.8, 4) is 0 Å². The zero-order valence-corrected chi connectivity index (χ0v) is 24.4. The van der Waals surface area contributed by atoms with Gasteiger partial charge in [0.25, 0.3) is 11.8 Å². The monoisotopic (exact) mass is 618 g/mol. The van der Waals surface area contributed by atoms with Gasteiger partial charge < -0.3 is 4.90 Å². The third kappa shape index (κ3) is 6.52. The molecule has 0 spiro atoms. The molecule has 1 saturated carbocycles. The van der Waals surface area contributed by atoms with E-state index in [2.05, 4.69) is 25.2 Å². The Kier molecular flexibility index (Phi) is 8.85. The largest absolute Gasteiger partial charge is 0.326 e. The predicted molar refractivity (Wildman–Crippen MR) is 151 cm³/mol. The average Bonchev–Trinajstić information content (AvgIpc) is 2.93. The number of amides is 2. The molecule has 1 aliphatic heterocycles. The van der Waals surface area contributed by atoms with Crippen molar-refractivity contribution in [2.24, 2.45) is 0 Å². The standard InChI is InChI=1S/C27H28Cl2N6O5S/c1-41(38,39)34-21-8-4-5-9-22(21)35-25(19-11-10-16(28)12-20(19)29)24(17-6-2-3-7-18(17)27(35)37)26(36)33-40-13-23-31-14-30-15-32-23/h2-3,6-7,10-12,14-15,21-22,24-25,34H,4-5,8-9,13H2,1H3,(H,33,36)/t21-,22-,24+,25-/m0/s1. The van der Waals surface area contributed by atoms with Crippen LogP contribution in [0.3, 0.4) is 0 Å². The van der Waals surface area contributed by atoms with Crippen LogP contribution in [-0.2, 0) is 26.3 Å². The van der Waals surface area contributed by atoms with E-state index in [1.807, 2.05) is 0 Å². The van der Waals surface area contributed by atoms with Gasteiger partial charge in [-0.15, -0.1) is 0 Å². The lowest BCUT2D eigenvalue weighted by atomic mass is 9.76. The zero-order valence-electron chi connectivity index (χ0n) is 22.0. The van der Waals surface area contributed by atoms with E-state index in [9.17, 15) is 18.0 Å². The van der Waals surface area contributed by atoms with Crippen molar-refractivity contribution in [2.45, 2.75) is 56.3 Å².